The molecule has 166 valence electrons. The van der Waals surface area contributed by atoms with Crippen molar-refractivity contribution in [2.24, 2.45) is 0 Å². The predicted molar refractivity (Wildman–Crippen MR) is 117 cm³/mol. The Labute approximate surface area is 187 Å². The van der Waals surface area contributed by atoms with Gasteiger partial charge in [-0.25, -0.2) is 14.8 Å². The number of hydroxylamine groups is 2. The summed E-state index contributed by atoms with van der Waals surface area (Å²) in [5, 5.41) is 7.49. The molecule has 3 aromatic rings. The lowest BCUT2D eigenvalue weighted by atomic mass is 9.86. The molecule has 2 aliphatic rings. The first-order valence-corrected chi connectivity index (χ1v) is 10.9. The fraction of sp³-hybridized carbons (Fsp3) is 0.350. The van der Waals surface area contributed by atoms with E-state index in [0.717, 1.165) is 5.69 Å². The van der Waals surface area contributed by atoms with Crippen molar-refractivity contribution < 1.29 is 19.2 Å². The third-order valence-corrected chi connectivity index (χ3v) is 6.61. The van der Waals surface area contributed by atoms with Crippen LogP contribution in [-0.4, -0.2) is 64.4 Å². The Morgan fingerprint density at radius 1 is 1.22 bits per heavy atom. The third kappa shape index (κ3) is 3.56. The standard InChI is InChI=1S/C20H21N7O4S/c1-30-15-14-16(22-11-21-15)32-18(24-14)25-19(29)31-26-9-7-20(8-10-26)17(28)23-12-27(20)13-5-3-2-4-6-13/h2-6,11H,7-10,12H2,1H3,(H,23,28)(H,24,25,29). The number of amides is 2. The monoisotopic (exact) mass is 455 g/mol. The quantitative estimate of drug-likeness (QED) is 0.608. The van der Waals surface area contributed by atoms with E-state index in [9.17, 15) is 9.59 Å². The molecule has 4 heterocycles. The molecule has 11 nitrogen and oxygen atoms in total. The summed E-state index contributed by atoms with van der Waals surface area (Å²) in [7, 11) is 1.50. The van der Waals surface area contributed by atoms with Gasteiger partial charge in [0.15, 0.2) is 15.5 Å². The maximum atomic E-state index is 12.7. The summed E-state index contributed by atoms with van der Waals surface area (Å²) in [5.74, 6) is 0.349. The van der Waals surface area contributed by atoms with Crippen molar-refractivity contribution in [3.8, 4) is 5.88 Å². The van der Waals surface area contributed by atoms with E-state index in [1.807, 2.05) is 30.3 Å². The van der Waals surface area contributed by atoms with Crippen molar-refractivity contribution in [3.05, 3.63) is 36.7 Å². The lowest BCUT2D eigenvalue weighted by Crippen LogP contribution is -2.56. The molecule has 0 bridgehead atoms. The van der Waals surface area contributed by atoms with Crippen LogP contribution in [0.25, 0.3) is 10.3 Å². The van der Waals surface area contributed by atoms with Gasteiger partial charge in [-0.05, 0) is 25.0 Å². The zero-order valence-corrected chi connectivity index (χ0v) is 18.1. The first kappa shape index (κ1) is 20.4. The normalized spacial score (nSPS) is 18.0. The van der Waals surface area contributed by atoms with E-state index in [2.05, 4.69) is 30.5 Å². The number of aromatic nitrogens is 3. The highest BCUT2D eigenvalue weighted by molar-refractivity contribution is 7.22. The summed E-state index contributed by atoms with van der Waals surface area (Å²) in [5.41, 5.74) is 0.829. The van der Waals surface area contributed by atoms with Crippen LogP contribution in [0.15, 0.2) is 36.7 Å². The number of benzene rings is 1. The zero-order valence-electron chi connectivity index (χ0n) is 17.3. The van der Waals surface area contributed by atoms with E-state index < -0.39 is 11.6 Å². The molecule has 32 heavy (non-hydrogen) atoms. The largest absolute Gasteiger partial charge is 0.479 e. The highest BCUT2D eigenvalue weighted by atomic mass is 32.1. The number of hydrogen-bond acceptors (Lipinski definition) is 10. The SMILES string of the molecule is COc1ncnc2sc(NC(=O)ON3CCC4(CC3)C(=O)NCN4c3ccccc3)nc12. The number of thiazole rings is 1. The van der Waals surface area contributed by atoms with Gasteiger partial charge in [0.2, 0.25) is 11.8 Å². The second kappa shape index (κ2) is 8.20. The van der Waals surface area contributed by atoms with Crippen LogP contribution in [0.3, 0.4) is 0 Å². The Balaban J connectivity index is 1.22. The van der Waals surface area contributed by atoms with E-state index in [-0.39, 0.29) is 5.91 Å². The lowest BCUT2D eigenvalue weighted by Gasteiger charge is -2.42. The van der Waals surface area contributed by atoms with Crippen molar-refractivity contribution in [2.45, 2.75) is 18.4 Å². The average Bonchev–Trinajstić information content (AvgIpc) is 3.36. The van der Waals surface area contributed by atoms with Crippen LogP contribution >= 0.6 is 11.3 Å². The fourth-order valence-corrected chi connectivity index (χ4v) is 4.93. The van der Waals surface area contributed by atoms with Crippen LogP contribution in [0.4, 0.5) is 15.6 Å². The van der Waals surface area contributed by atoms with E-state index in [0.29, 0.717) is 54.0 Å². The maximum Gasteiger partial charge on any atom is 0.432 e. The van der Waals surface area contributed by atoms with Crippen LogP contribution in [0, 0.1) is 0 Å². The number of hydrogen-bond donors (Lipinski definition) is 2. The summed E-state index contributed by atoms with van der Waals surface area (Å²) < 4.78 is 5.17. The van der Waals surface area contributed by atoms with Crippen LogP contribution in [0.5, 0.6) is 5.88 Å². The number of para-hydroxylation sites is 1. The van der Waals surface area contributed by atoms with Crippen molar-refractivity contribution in [3.63, 3.8) is 0 Å². The zero-order chi connectivity index (χ0) is 22.1. The third-order valence-electron chi connectivity index (χ3n) is 5.73. The minimum absolute atomic E-state index is 0.00925. The van der Waals surface area contributed by atoms with E-state index in [4.69, 9.17) is 9.57 Å². The Morgan fingerprint density at radius 3 is 2.75 bits per heavy atom. The average molecular weight is 456 g/mol. The van der Waals surface area contributed by atoms with Gasteiger partial charge in [0, 0.05) is 18.8 Å². The number of anilines is 2. The molecule has 0 aliphatic carbocycles. The van der Waals surface area contributed by atoms with Gasteiger partial charge in [-0.1, -0.05) is 29.5 Å². The van der Waals surface area contributed by atoms with Gasteiger partial charge in [0.05, 0.1) is 13.8 Å². The molecular weight excluding hydrogens is 434 g/mol. The maximum absolute atomic E-state index is 12.7. The number of fused-ring (bicyclic) bond motifs is 1. The first-order chi connectivity index (χ1) is 15.6. The molecule has 2 aromatic heterocycles. The molecule has 12 heteroatoms. The van der Waals surface area contributed by atoms with Crippen molar-refractivity contribution in [1.29, 1.82) is 0 Å². The van der Waals surface area contributed by atoms with Crippen molar-refractivity contribution in [2.75, 3.05) is 37.1 Å². The molecule has 0 saturated carbocycles. The van der Waals surface area contributed by atoms with Gasteiger partial charge in [-0.2, -0.15) is 4.98 Å². The Morgan fingerprint density at radius 2 is 2.00 bits per heavy atom. The van der Waals surface area contributed by atoms with Gasteiger partial charge in [0.1, 0.15) is 11.9 Å². The number of nitrogens with one attached hydrogen (secondary N) is 2. The highest BCUT2D eigenvalue weighted by Gasteiger charge is 2.50. The number of carbonyl (C=O) groups is 2. The van der Waals surface area contributed by atoms with Gasteiger partial charge >= 0.3 is 6.09 Å². The Bertz CT molecular complexity index is 1150. The summed E-state index contributed by atoms with van der Waals surface area (Å²) >= 11 is 1.20. The Kier molecular flexibility index (Phi) is 5.23. The van der Waals surface area contributed by atoms with Crippen molar-refractivity contribution in [1.82, 2.24) is 25.3 Å². The number of nitrogens with zero attached hydrogens (tertiary/aromatic N) is 5. The summed E-state index contributed by atoms with van der Waals surface area (Å²) in [4.78, 5) is 45.7. The van der Waals surface area contributed by atoms with Gasteiger partial charge in [0.25, 0.3) is 0 Å². The van der Waals surface area contributed by atoms with Gasteiger partial charge in [-0.15, -0.1) is 5.06 Å². The summed E-state index contributed by atoms with van der Waals surface area (Å²) in [6.07, 6.45) is 1.80. The van der Waals surface area contributed by atoms with Gasteiger partial charge < -0.3 is 19.8 Å². The van der Waals surface area contributed by atoms with Crippen LogP contribution in [-0.2, 0) is 9.63 Å². The number of carbonyl (C=O) groups excluding carboxylic acids is 2. The highest BCUT2D eigenvalue weighted by Crippen LogP contribution is 2.36. The number of ether oxygens (including phenoxy) is 1. The molecule has 2 aliphatic heterocycles. The molecule has 1 spiro atoms. The molecule has 0 atom stereocenters. The minimum Gasteiger partial charge on any atom is -0.479 e. The molecule has 0 unspecified atom stereocenters. The van der Waals surface area contributed by atoms with Crippen LogP contribution in [0.1, 0.15) is 12.8 Å². The van der Waals surface area contributed by atoms with E-state index >= 15 is 0 Å². The number of piperidine rings is 1. The fourth-order valence-electron chi connectivity index (χ4n) is 4.14. The summed E-state index contributed by atoms with van der Waals surface area (Å²) in [6.45, 7) is 1.33. The Hall–Kier alpha value is -3.51. The van der Waals surface area contributed by atoms with Crippen LogP contribution in [0.2, 0.25) is 0 Å². The van der Waals surface area contributed by atoms with E-state index in [1.54, 1.807) is 5.06 Å². The minimum atomic E-state index is -0.650. The summed E-state index contributed by atoms with van der Waals surface area (Å²) in [6, 6.07) is 9.85. The number of rotatable bonds is 4. The predicted octanol–water partition coefficient (Wildman–Crippen LogP) is 1.99. The topological polar surface area (TPSA) is 122 Å². The molecule has 0 radical (unpaired) electrons. The molecular formula is C20H21N7O4S. The smallest absolute Gasteiger partial charge is 0.432 e. The molecule has 2 amide bonds. The van der Waals surface area contributed by atoms with E-state index in [1.165, 1.54) is 24.8 Å². The molecule has 2 fully saturated rings. The van der Waals surface area contributed by atoms with Gasteiger partial charge in [-0.3, -0.25) is 10.1 Å². The van der Waals surface area contributed by atoms with Crippen molar-refractivity contribution >= 4 is 44.5 Å². The number of methoxy groups -OCH3 is 1. The molecule has 2 saturated heterocycles. The molecule has 2 N–H and O–H groups in total. The molecule has 1 aromatic carbocycles. The second-order valence-electron chi connectivity index (χ2n) is 7.45. The second-order valence-corrected chi connectivity index (χ2v) is 8.43. The first-order valence-electron chi connectivity index (χ1n) is 10.1. The lowest BCUT2D eigenvalue weighted by molar-refractivity contribution is -0.135. The van der Waals surface area contributed by atoms with Crippen LogP contribution < -0.4 is 20.3 Å². The molecule has 5 rings (SSSR count).